The maximum atomic E-state index is 12.0. The van der Waals surface area contributed by atoms with Crippen LogP contribution in [0.1, 0.15) is 45.7 Å². The van der Waals surface area contributed by atoms with Gasteiger partial charge in [-0.3, -0.25) is 4.72 Å². The number of rotatable bonds is 9. The molecule has 2 aromatic heterocycles. The molecule has 0 unspecified atom stereocenters. The van der Waals surface area contributed by atoms with Gasteiger partial charge in [-0.05, 0) is 94.7 Å². The molecule has 0 aromatic carbocycles. The van der Waals surface area contributed by atoms with Crippen molar-refractivity contribution < 1.29 is 23.8 Å². The van der Waals surface area contributed by atoms with Gasteiger partial charge in [-0.25, -0.2) is 19.6 Å². The van der Waals surface area contributed by atoms with E-state index < -0.39 is 17.7 Å². The lowest BCUT2D eigenvalue weighted by Crippen LogP contribution is -2.32. The molecule has 0 saturated heterocycles. The van der Waals surface area contributed by atoms with Gasteiger partial charge in [0.05, 0.1) is 19.8 Å². The van der Waals surface area contributed by atoms with Gasteiger partial charge in [0.1, 0.15) is 10.5 Å². The van der Waals surface area contributed by atoms with Crippen molar-refractivity contribution in [3.8, 4) is 0 Å². The highest BCUT2D eigenvalue weighted by molar-refractivity contribution is 8.02. The Bertz CT molecular complexity index is 999. The van der Waals surface area contributed by atoms with Crippen LogP contribution in [0.25, 0.3) is 11.0 Å². The Balaban J connectivity index is 1.38. The molecule has 2 aromatic rings. The van der Waals surface area contributed by atoms with Crippen LogP contribution in [0.2, 0.25) is 0 Å². The van der Waals surface area contributed by atoms with E-state index in [1.165, 1.54) is 7.11 Å². The van der Waals surface area contributed by atoms with Crippen LogP contribution in [0.5, 0.6) is 0 Å². The van der Waals surface area contributed by atoms with Crippen molar-refractivity contribution in [1.82, 2.24) is 14.7 Å². The zero-order chi connectivity index (χ0) is 23.8. The van der Waals surface area contributed by atoms with E-state index in [-0.39, 0.29) is 17.6 Å². The summed E-state index contributed by atoms with van der Waals surface area (Å²) in [6.07, 6.45) is 6.87. The maximum Gasteiger partial charge on any atom is 0.418 e. The summed E-state index contributed by atoms with van der Waals surface area (Å²) in [4.78, 5) is 33.0. The van der Waals surface area contributed by atoms with E-state index in [1.54, 1.807) is 33.0 Å². The quantitative estimate of drug-likeness (QED) is 0.321. The van der Waals surface area contributed by atoms with Crippen molar-refractivity contribution in [2.24, 2.45) is 5.92 Å². The summed E-state index contributed by atoms with van der Waals surface area (Å²) < 4.78 is 18.3. The lowest BCUT2D eigenvalue weighted by atomic mass is 9.79. The molecule has 0 spiro atoms. The topological polar surface area (TPSA) is 99.6 Å². The van der Waals surface area contributed by atoms with Gasteiger partial charge in [0.25, 0.3) is 0 Å². The fourth-order valence-corrected chi connectivity index (χ4v) is 4.01. The predicted octanol–water partition coefficient (Wildman–Crippen LogP) is 4.59. The molecule has 1 aliphatic rings. The molecule has 3 rings (SSSR count). The number of nitrogens with one attached hydrogen (secondary N) is 1. The number of methoxy groups -OCH3 is 1. The lowest BCUT2D eigenvalue weighted by molar-refractivity contribution is -0.135. The molecule has 2 heterocycles. The largest absolute Gasteiger partial charge is 0.465 e. The highest BCUT2D eigenvalue weighted by atomic mass is 32.2. The highest BCUT2D eigenvalue weighted by Crippen LogP contribution is 2.33. The molecule has 0 aliphatic heterocycles. The molecule has 1 amide bonds. The van der Waals surface area contributed by atoms with Gasteiger partial charge in [-0.1, -0.05) is 0 Å². The summed E-state index contributed by atoms with van der Waals surface area (Å²) in [6.45, 7) is 5.57. The van der Waals surface area contributed by atoms with Gasteiger partial charge in [-0.2, -0.15) is 0 Å². The predicted molar refractivity (Wildman–Crippen MR) is 127 cm³/mol. The van der Waals surface area contributed by atoms with Crippen LogP contribution >= 0.6 is 11.9 Å². The molecule has 0 atom stereocenters. The van der Waals surface area contributed by atoms with Crippen molar-refractivity contribution in [3.63, 3.8) is 0 Å². The second-order valence-electron chi connectivity index (χ2n) is 8.95. The molecular formula is C24H31N3O5S. The first-order chi connectivity index (χ1) is 15.7. The van der Waals surface area contributed by atoms with Crippen LogP contribution in [-0.2, 0) is 25.4 Å². The fourth-order valence-electron chi connectivity index (χ4n) is 3.45. The summed E-state index contributed by atoms with van der Waals surface area (Å²) in [6, 6.07) is 8.06. The summed E-state index contributed by atoms with van der Waals surface area (Å²) >= 11 is 0.857. The van der Waals surface area contributed by atoms with Crippen LogP contribution < -0.4 is 4.72 Å². The first-order valence-corrected chi connectivity index (χ1v) is 11.8. The van der Waals surface area contributed by atoms with Gasteiger partial charge in [-0.15, -0.1) is 0 Å². The molecule has 1 aliphatic carbocycles. The van der Waals surface area contributed by atoms with Gasteiger partial charge in [0.15, 0.2) is 5.65 Å². The third-order valence-electron chi connectivity index (χ3n) is 5.15. The zero-order valence-corrected chi connectivity index (χ0v) is 20.3. The van der Waals surface area contributed by atoms with Crippen LogP contribution in [0.3, 0.4) is 0 Å². The second kappa shape index (κ2) is 11.5. The van der Waals surface area contributed by atoms with Gasteiger partial charge >= 0.3 is 12.1 Å². The number of ether oxygens (including phenoxy) is 3. The number of pyridine rings is 2. The van der Waals surface area contributed by atoms with Crippen molar-refractivity contribution in [2.75, 3.05) is 13.7 Å². The van der Waals surface area contributed by atoms with E-state index in [9.17, 15) is 9.59 Å². The number of carbonyl (C=O) groups excluding carboxylic acids is 2. The number of nitrogens with zero attached hydrogens (tertiary/aromatic N) is 2. The van der Waals surface area contributed by atoms with Gasteiger partial charge < -0.3 is 14.2 Å². The van der Waals surface area contributed by atoms with E-state index in [0.717, 1.165) is 54.4 Å². The lowest BCUT2D eigenvalue weighted by Gasteiger charge is -2.35. The van der Waals surface area contributed by atoms with E-state index in [0.29, 0.717) is 5.92 Å². The van der Waals surface area contributed by atoms with Crippen molar-refractivity contribution in [3.05, 3.63) is 47.1 Å². The van der Waals surface area contributed by atoms with Gasteiger partial charge in [0.2, 0.25) is 0 Å². The Morgan fingerprint density at radius 1 is 1.24 bits per heavy atom. The van der Waals surface area contributed by atoms with Crippen LogP contribution in [0.15, 0.2) is 41.4 Å². The molecule has 1 saturated carbocycles. The monoisotopic (exact) mass is 473 g/mol. The molecule has 0 bridgehead atoms. The Hall–Kier alpha value is -2.65. The minimum absolute atomic E-state index is 0.167. The standard InChI is InChI=1S/C24H31N3O5S/c1-24(2,3)32-23(29)27-33-20(22(28)30-4)11-13-31-19-14-16(15-19)7-9-18-10-8-17-6-5-12-25-21(17)26-18/h5-6,8,10-12,16,19H,7,9,13-15H2,1-4H3,(H,27,29)/b20-11-/t16-,19+. The number of amides is 1. The fraction of sp³-hybridized carbons (Fsp3) is 0.500. The van der Waals surface area contributed by atoms with E-state index >= 15 is 0 Å². The molecule has 33 heavy (non-hydrogen) atoms. The first kappa shape index (κ1) is 25.0. The molecule has 1 N–H and O–H groups in total. The summed E-state index contributed by atoms with van der Waals surface area (Å²) in [5, 5.41) is 1.05. The Labute approximate surface area is 198 Å². The van der Waals surface area contributed by atoms with E-state index in [1.807, 2.05) is 12.1 Å². The molecule has 0 radical (unpaired) electrons. The summed E-state index contributed by atoms with van der Waals surface area (Å²) in [5.74, 6) is 0.0621. The minimum Gasteiger partial charge on any atom is -0.465 e. The number of aromatic nitrogens is 2. The van der Waals surface area contributed by atoms with Crippen LogP contribution in [0, 0.1) is 5.92 Å². The number of carbonyl (C=O) groups is 2. The van der Waals surface area contributed by atoms with Crippen LogP contribution in [-0.4, -0.2) is 47.5 Å². The normalized spacial score (nSPS) is 18.5. The van der Waals surface area contributed by atoms with Gasteiger partial charge in [0, 0.05) is 17.3 Å². The first-order valence-electron chi connectivity index (χ1n) is 11.0. The minimum atomic E-state index is -0.623. The smallest absolute Gasteiger partial charge is 0.418 e. The number of fused-ring (bicyclic) bond motifs is 1. The second-order valence-corrected chi connectivity index (χ2v) is 9.80. The molecular weight excluding hydrogens is 442 g/mol. The maximum absolute atomic E-state index is 12.0. The molecule has 1 fully saturated rings. The third-order valence-corrected chi connectivity index (χ3v) is 5.98. The summed E-state index contributed by atoms with van der Waals surface area (Å²) in [5.41, 5.74) is 1.23. The molecule has 178 valence electrons. The highest BCUT2D eigenvalue weighted by Gasteiger charge is 2.29. The Kier molecular flexibility index (Phi) is 8.68. The average molecular weight is 474 g/mol. The Morgan fingerprint density at radius 2 is 2.03 bits per heavy atom. The van der Waals surface area contributed by atoms with E-state index in [4.69, 9.17) is 14.2 Å². The number of esters is 1. The number of hydrogen-bond acceptors (Lipinski definition) is 8. The average Bonchev–Trinajstić information content (AvgIpc) is 2.74. The zero-order valence-electron chi connectivity index (χ0n) is 19.5. The van der Waals surface area contributed by atoms with Crippen molar-refractivity contribution >= 4 is 35.0 Å². The molecule has 9 heteroatoms. The van der Waals surface area contributed by atoms with E-state index in [2.05, 4.69) is 26.8 Å². The third kappa shape index (κ3) is 8.01. The number of hydrogen-bond donors (Lipinski definition) is 1. The van der Waals surface area contributed by atoms with Crippen molar-refractivity contribution in [2.45, 2.75) is 58.2 Å². The van der Waals surface area contributed by atoms with Crippen LogP contribution in [0.4, 0.5) is 4.79 Å². The molecule has 8 nitrogen and oxygen atoms in total. The summed E-state index contributed by atoms with van der Waals surface area (Å²) in [7, 11) is 1.29. The SMILES string of the molecule is COC(=O)/C(=C/CO[C@H]1C[C@@H](CCc2ccc3cccnc3n2)C1)SNC(=O)OC(C)(C)C. The number of aryl methyl sites for hydroxylation is 1. The van der Waals surface area contributed by atoms with Crippen molar-refractivity contribution in [1.29, 1.82) is 0 Å². The Morgan fingerprint density at radius 3 is 2.76 bits per heavy atom.